The summed E-state index contributed by atoms with van der Waals surface area (Å²) < 4.78 is 20.2. The lowest BCUT2D eigenvalue weighted by Gasteiger charge is -2.32. The predicted octanol–water partition coefficient (Wildman–Crippen LogP) is 3.73. The van der Waals surface area contributed by atoms with Gasteiger partial charge in [0, 0.05) is 18.3 Å². The van der Waals surface area contributed by atoms with Crippen LogP contribution in [0.1, 0.15) is 36.1 Å². The van der Waals surface area contributed by atoms with Gasteiger partial charge in [0.2, 0.25) is 5.91 Å². The molecule has 1 aromatic heterocycles. The van der Waals surface area contributed by atoms with E-state index in [0.717, 1.165) is 38.0 Å². The summed E-state index contributed by atoms with van der Waals surface area (Å²) in [6.45, 7) is 4.82. The zero-order valence-electron chi connectivity index (χ0n) is 17.0. The van der Waals surface area contributed by atoms with Gasteiger partial charge in [-0.25, -0.2) is 9.18 Å². The molecule has 0 radical (unpaired) electrons. The third-order valence-electron chi connectivity index (χ3n) is 5.74. The smallest absolute Gasteiger partial charge is 0.414 e. The minimum absolute atomic E-state index is 0.179. The van der Waals surface area contributed by atoms with Crippen molar-refractivity contribution in [2.45, 2.75) is 38.3 Å². The summed E-state index contributed by atoms with van der Waals surface area (Å²) in [5.41, 5.74) is 1.21. The van der Waals surface area contributed by atoms with Crippen molar-refractivity contribution in [2.24, 2.45) is 0 Å². The number of rotatable bonds is 6. The molecule has 2 aromatic rings. The number of piperidine rings is 1. The summed E-state index contributed by atoms with van der Waals surface area (Å²) in [5.74, 6) is -0.264. The van der Waals surface area contributed by atoms with Crippen molar-refractivity contribution in [3.05, 3.63) is 52.0 Å². The predicted molar refractivity (Wildman–Crippen MR) is 114 cm³/mol. The molecule has 0 spiro atoms. The Morgan fingerprint density at radius 2 is 2.10 bits per heavy atom. The first-order chi connectivity index (χ1) is 14.5. The Balaban J connectivity index is 1.35. The number of hydrogen-bond acceptors (Lipinski definition) is 5. The topological polar surface area (TPSA) is 61.9 Å². The van der Waals surface area contributed by atoms with Gasteiger partial charge in [0.05, 0.1) is 18.8 Å². The molecule has 0 aliphatic carbocycles. The number of carbonyl (C=O) groups is 2. The van der Waals surface area contributed by atoms with E-state index in [0.29, 0.717) is 12.2 Å². The molecule has 2 saturated heterocycles. The number of ether oxygens (including phenoxy) is 1. The SMILES string of the molecule is CC(=O)NCC1CN(c2ccc(C3CCN(Cc4cccs4)CC3)c(F)c2)C(=O)O1. The van der Waals surface area contributed by atoms with Crippen LogP contribution in [0.5, 0.6) is 0 Å². The molecule has 160 valence electrons. The zero-order chi connectivity index (χ0) is 21.1. The number of anilines is 1. The van der Waals surface area contributed by atoms with E-state index in [2.05, 4.69) is 27.7 Å². The highest BCUT2D eigenvalue weighted by Gasteiger charge is 2.33. The zero-order valence-corrected chi connectivity index (χ0v) is 17.8. The summed E-state index contributed by atoms with van der Waals surface area (Å²) in [5, 5.41) is 4.73. The highest BCUT2D eigenvalue weighted by atomic mass is 32.1. The fraction of sp³-hybridized carbons (Fsp3) is 0.455. The highest BCUT2D eigenvalue weighted by molar-refractivity contribution is 7.09. The monoisotopic (exact) mass is 431 g/mol. The quantitative estimate of drug-likeness (QED) is 0.757. The van der Waals surface area contributed by atoms with E-state index < -0.39 is 12.2 Å². The molecule has 30 heavy (non-hydrogen) atoms. The molecule has 1 aromatic carbocycles. The van der Waals surface area contributed by atoms with Crippen LogP contribution in [0.3, 0.4) is 0 Å². The number of cyclic esters (lactones) is 1. The molecule has 1 N–H and O–H groups in total. The maximum atomic E-state index is 14.9. The molecule has 1 unspecified atom stereocenters. The van der Waals surface area contributed by atoms with Gasteiger partial charge in [-0.05, 0) is 61.0 Å². The minimum Gasteiger partial charge on any atom is -0.442 e. The van der Waals surface area contributed by atoms with Crippen molar-refractivity contribution in [3.8, 4) is 0 Å². The van der Waals surface area contributed by atoms with Crippen LogP contribution in [0.4, 0.5) is 14.9 Å². The van der Waals surface area contributed by atoms with Crippen molar-refractivity contribution in [2.75, 3.05) is 31.1 Å². The molecule has 2 amide bonds. The Morgan fingerprint density at radius 1 is 1.30 bits per heavy atom. The molecule has 3 heterocycles. The highest BCUT2D eigenvalue weighted by Crippen LogP contribution is 2.33. The summed E-state index contributed by atoms with van der Waals surface area (Å²) >= 11 is 1.77. The molecule has 0 saturated carbocycles. The lowest BCUT2D eigenvalue weighted by atomic mass is 9.89. The summed E-state index contributed by atoms with van der Waals surface area (Å²) in [6.07, 6.45) is 0.898. The summed E-state index contributed by atoms with van der Waals surface area (Å²) in [6, 6.07) is 9.24. The first kappa shape index (κ1) is 20.8. The van der Waals surface area contributed by atoms with E-state index in [4.69, 9.17) is 4.74 Å². The molecule has 1 atom stereocenters. The Labute approximate surface area is 179 Å². The van der Waals surface area contributed by atoms with E-state index in [9.17, 15) is 14.0 Å². The fourth-order valence-corrected chi connectivity index (χ4v) is 4.88. The largest absolute Gasteiger partial charge is 0.442 e. The van der Waals surface area contributed by atoms with Gasteiger partial charge in [-0.15, -0.1) is 11.3 Å². The van der Waals surface area contributed by atoms with Gasteiger partial charge in [0.15, 0.2) is 0 Å². The normalized spacial score (nSPS) is 20.4. The number of hydrogen-bond donors (Lipinski definition) is 1. The first-order valence-corrected chi connectivity index (χ1v) is 11.1. The fourth-order valence-electron chi connectivity index (χ4n) is 4.14. The molecular formula is C22H26FN3O3S. The molecule has 2 aliphatic heterocycles. The van der Waals surface area contributed by atoms with E-state index in [1.807, 2.05) is 0 Å². The third kappa shape index (κ3) is 4.82. The average Bonchev–Trinajstić information content (AvgIpc) is 3.36. The molecule has 2 fully saturated rings. The summed E-state index contributed by atoms with van der Waals surface area (Å²) in [7, 11) is 0. The molecule has 2 aliphatic rings. The Kier molecular flexibility index (Phi) is 6.34. The number of likely N-dealkylation sites (tertiary alicyclic amines) is 1. The van der Waals surface area contributed by atoms with Gasteiger partial charge in [0.25, 0.3) is 0 Å². The number of amides is 2. The van der Waals surface area contributed by atoms with Gasteiger partial charge >= 0.3 is 6.09 Å². The Morgan fingerprint density at radius 3 is 2.77 bits per heavy atom. The van der Waals surface area contributed by atoms with E-state index >= 15 is 0 Å². The second-order valence-electron chi connectivity index (χ2n) is 7.89. The Hall–Kier alpha value is -2.45. The summed E-state index contributed by atoms with van der Waals surface area (Å²) in [4.78, 5) is 28.4. The van der Waals surface area contributed by atoms with Crippen molar-refractivity contribution in [1.29, 1.82) is 0 Å². The van der Waals surface area contributed by atoms with Crippen molar-refractivity contribution in [3.63, 3.8) is 0 Å². The van der Waals surface area contributed by atoms with Gasteiger partial charge in [-0.3, -0.25) is 14.6 Å². The van der Waals surface area contributed by atoms with Crippen molar-refractivity contribution in [1.82, 2.24) is 10.2 Å². The van der Waals surface area contributed by atoms with Crippen LogP contribution in [-0.2, 0) is 16.1 Å². The molecular weight excluding hydrogens is 405 g/mol. The number of benzene rings is 1. The average molecular weight is 432 g/mol. The van der Waals surface area contributed by atoms with Gasteiger partial charge in [0.1, 0.15) is 11.9 Å². The van der Waals surface area contributed by atoms with E-state index in [1.165, 1.54) is 22.8 Å². The van der Waals surface area contributed by atoms with Gasteiger partial charge in [-0.2, -0.15) is 0 Å². The second-order valence-corrected chi connectivity index (χ2v) is 8.92. The second kappa shape index (κ2) is 9.14. The van der Waals surface area contributed by atoms with Crippen LogP contribution in [0.2, 0.25) is 0 Å². The van der Waals surface area contributed by atoms with Gasteiger partial charge in [-0.1, -0.05) is 12.1 Å². The third-order valence-corrected chi connectivity index (χ3v) is 6.60. The van der Waals surface area contributed by atoms with E-state index in [-0.39, 0.29) is 24.2 Å². The van der Waals surface area contributed by atoms with Crippen molar-refractivity contribution >= 4 is 29.0 Å². The molecule has 0 bridgehead atoms. The number of thiophene rings is 1. The maximum Gasteiger partial charge on any atom is 0.414 e. The first-order valence-electron chi connectivity index (χ1n) is 10.3. The lowest BCUT2D eigenvalue weighted by molar-refractivity contribution is -0.119. The van der Waals surface area contributed by atoms with Crippen LogP contribution in [0.25, 0.3) is 0 Å². The van der Waals surface area contributed by atoms with Crippen molar-refractivity contribution < 1.29 is 18.7 Å². The number of carbonyl (C=O) groups excluding carboxylic acids is 2. The van der Waals surface area contributed by atoms with Crippen LogP contribution in [0, 0.1) is 5.82 Å². The van der Waals surface area contributed by atoms with Crippen LogP contribution >= 0.6 is 11.3 Å². The molecule has 8 heteroatoms. The van der Waals surface area contributed by atoms with Crippen LogP contribution in [-0.4, -0.2) is 49.2 Å². The Bertz CT molecular complexity index is 897. The maximum absolute atomic E-state index is 14.9. The van der Waals surface area contributed by atoms with Crippen LogP contribution in [0.15, 0.2) is 35.7 Å². The molecule has 4 rings (SSSR count). The van der Waals surface area contributed by atoms with E-state index in [1.54, 1.807) is 23.5 Å². The number of nitrogens with one attached hydrogen (secondary N) is 1. The molecule has 6 nitrogen and oxygen atoms in total. The number of halogens is 1. The minimum atomic E-state index is -0.514. The standard InChI is InChI=1S/C22H26FN3O3S/c1-15(27)24-12-18-13-26(22(28)29-18)17-4-5-20(21(23)11-17)16-6-8-25(9-7-16)14-19-3-2-10-30-19/h2-5,10-11,16,18H,6-9,12-14H2,1H3,(H,24,27). The number of nitrogens with zero attached hydrogens (tertiary/aromatic N) is 2. The lowest BCUT2D eigenvalue weighted by Crippen LogP contribution is -2.33. The van der Waals surface area contributed by atoms with Gasteiger partial charge < -0.3 is 10.1 Å². The van der Waals surface area contributed by atoms with Crippen LogP contribution < -0.4 is 10.2 Å².